The molecule has 0 aliphatic heterocycles. The fourth-order valence-electron chi connectivity index (χ4n) is 11.2. The monoisotopic (exact) mass is 967 g/mol. The Balaban J connectivity index is 0.000000166. The lowest BCUT2D eigenvalue weighted by Crippen LogP contribution is -2.15. The van der Waals surface area contributed by atoms with Crippen molar-refractivity contribution in [2.45, 2.75) is 45.4 Å². The van der Waals surface area contributed by atoms with Crippen molar-refractivity contribution >= 4 is 37.9 Å². The van der Waals surface area contributed by atoms with Crippen molar-refractivity contribution in [1.29, 1.82) is 0 Å². The van der Waals surface area contributed by atoms with E-state index in [4.69, 9.17) is 0 Å². The third kappa shape index (κ3) is 9.02. The lowest BCUT2D eigenvalue weighted by atomic mass is 9.80. The molecule has 75 heavy (non-hydrogen) atoms. The summed E-state index contributed by atoms with van der Waals surface area (Å²) >= 11 is 0. The highest BCUT2D eigenvalue weighted by atomic mass is 14.6. The third-order valence-corrected chi connectivity index (χ3v) is 15.4. The van der Waals surface area contributed by atoms with E-state index in [1.165, 1.54) is 116 Å². The first-order chi connectivity index (χ1) is 36.4. The van der Waals surface area contributed by atoms with Crippen LogP contribution in [0.1, 0.15) is 56.9 Å². The summed E-state index contributed by atoms with van der Waals surface area (Å²) in [6.07, 6.45) is 24.2. The molecule has 3 heteroatoms. The quantitative estimate of drug-likeness (QED) is 0.107. The maximum Gasteiger partial charge on any atom is 0.0273 e. The van der Waals surface area contributed by atoms with Crippen LogP contribution in [0.15, 0.2) is 269 Å². The first-order valence-corrected chi connectivity index (χ1v) is 25.5. The summed E-state index contributed by atoms with van der Waals surface area (Å²) in [5, 5.41) is 7.82. The fraction of sp³-hybridized carbons (Fsp3) is 0.0972. The molecule has 0 bridgehead atoms. The second kappa shape index (κ2) is 20.5. The zero-order valence-electron chi connectivity index (χ0n) is 43.7. The molecule has 364 valence electrons. The van der Waals surface area contributed by atoms with Gasteiger partial charge in [0.1, 0.15) is 0 Å². The van der Waals surface area contributed by atoms with E-state index in [2.05, 4.69) is 209 Å². The van der Waals surface area contributed by atoms with Crippen LogP contribution in [-0.4, -0.2) is 15.0 Å². The zero-order chi connectivity index (χ0) is 52.4. The number of fused-ring (bicyclic) bond motifs is 4. The van der Waals surface area contributed by atoms with Gasteiger partial charge in [-0.3, -0.25) is 15.0 Å². The van der Waals surface area contributed by atoms with Crippen molar-refractivity contribution in [3.63, 3.8) is 0 Å². The number of benzene rings is 7. The average molecular weight is 968 g/mol. The first-order valence-electron chi connectivity index (χ1n) is 25.5. The fourth-order valence-corrected chi connectivity index (χ4v) is 11.2. The lowest BCUT2D eigenvalue weighted by molar-refractivity contribution is 0.661. The standard InChI is InChI=1S/C41H28N2.C20H19N.C11H14/c1-41(2)37-23-29(25-15-19-42-20-16-25)7-11-33(37)34-12-8-30(24-38(34)41)32-10-4-28-5-13-35-31(26-17-21-43-22-18-26)9-3-27-6-14-36(32)40(28)39(27)35;1-5-6-17-14(2)20(3,4)19-13-16(7-8-18(17)19)15-9-11-21-12-10-15;1-5-8-10(4)11(7-3)9-6-2/h3-24H,1-2H3;5-13H,1-2H2,3-4H3;5-9H,1-3H2,4H3/b;17-6+;10-8+,11-9+. The Morgan fingerprint density at radius 2 is 0.827 bits per heavy atom. The normalized spacial score (nSPS) is 14.6. The Kier molecular flexibility index (Phi) is 13.5. The molecule has 0 spiro atoms. The van der Waals surface area contributed by atoms with Crippen LogP contribution in [0, 0.1) is 0 Å². The number of aromatic nitrogens is 3. The number of hydrogen-bond acceptors (Lipinski definition) is 3. The maximum atomic E-state index is 4.30. The van der Waals surface area contributed by atoms with Crippen molar-refractivity contribution in [2.75, 3.05) is 0 Å². The highest BCUT2D eigenvalue weighted by Gasteiger charge is 2.37. The van der Waals surface area contributed by atoms with Gasteiger partial charge in [-0.2, -0.15) is 0 Å². The molecule has 0 unspecified atom stereocenters. The molecule has 2 aliphatic carbocycles. The van der Waals surface area contributed by atoms with Crippen LogP contribution in [0.5, 0.6) is 0 Å². The van der Waals surface area contributed by atoms with Gasteiger partial charge < -0.3 is 0 Å². The van der Waals surface area contributed by atoms with Gasteiger partial charge in [-0.25, -0.2) is 0 Å². The van der Waals surface area contributed by atoms with Crippen molar-refractivity contribution in [3.8, 4) is 55.6 Å². The van der Waals surface area contributed by atoms with Gasteiger partial charge in [-0.1, -0.05) is 188 Å². The third-order valence-electron chi connectivity index (χ3n) is 15.4. The predicted octanol–water partition coefficient (Wildman–Crippen LogP) is 19.3. The number of allylic oxidation sites excluding steroid dienone is 11. The number of rotatable bonds is 9. The first kappa shape index (κ1) is 49.5. The number of nitrogens with zero attached hydrogens (tertiary/aromatic N) is 3. The summed E-state index contributed by atoms with van der Waals surface area (Å²) in [6.45, 7) is 30.2. The van der Waals surface area contributed by atoms with E-state index in [1.807, 2.05) is 74.5 Å². The molecule has 0 radical (unpaired) electrons. The van der Waals surface area contributed by atoms with Crippen molar-refractivity contribution < 1.29 is 0 Å². The highest BCUT2D eigenvalue weighted by molar-refractivity contribution is 6.27. The van der Waals surface area contributed by atoms with Gasteiger partial charge in [0.25, 0.3) is 0 Å². The van der Waals surface area contributed by atoms with Crippen LogP contribution in [0.3, 0.4) is 0 Å². The van der Waals surface area contributed by atoms with E-state index >= 15 is 0 Å². The average Bonchev–Trinajstić information content (AvgIpc) is 3.79. The van der Waals surface area contributed by atoms with Crippen molar-refractivity contribution in [1.82, 2.24) is 15.0 Å². The summed E-state index contributed by atoms with van der Waals surface area (Å²) in [5.41, 5.74) is 22.3. The molecule has 3 heterocycles. The minimum absolute atomic E-state index is 0.0484. The van der Waals surface area contributed by atoms with Gasteiger partial charge in [0.05, 0.1) is 0 Å². The molecule has 3 aromatic heterocycles. The second-order valence-electron chi connectivity index (χ2n) is 20.3. The van der Waals surface area contributed by atoms with E-state index in [9.17, 15) is 0 Å². The molecular weight excluding hydrogens is 907 g/mol. The van der Waals surface area contributed by atoms with Crippen LogP contribution in [0.4, 0.5) is 0 Å². The van der Waals surface area contributed by atoms with Crippen molar-refractivity contribution in [3.05, 3.63) is 291 Å². The molecule has 3 nitrogen and oxygen atoms in total. The molecule has 0 amide bonds. The predicted molar refractivity (Wildman–Crippen MR) is 322 cm³/mol. The highest BCUT2D eigenvalue weighted by Crippen LogP contribution is 2.52. The van der Waals surface area contributed by atoms with Gasteiger partial charge in [0, 0.05) is 48.0 Å². The SMILES string of the molecule is C=C/C=C(C)/C(C=C)=C/C=C.C=C/C=C1\C(=C)C(C)(C)c2cc(-c3ccncc3)ccc21.CC1(C)c2cc(-c3ccncc3)ccc2-c2ccc(-c3ccc4ccc5c(-c6ccncc6)ccc6ccc3c4c65)cc21. The van der Waals surface area contributed by atoms with Gasteiger partial charge in [-0.05, 0) is 194 Å². The van der Waals surface area contributed by atoms with Gasteiger partial charge >= 0.3 is 0 Å². The largest absolute Gasteiger partial charge is 0.265 e. The molecule has 12 rings (SSSR count). The minimum Gasteiger partial charge on any atom is -0.265 e. The molecule has 0 fully saturated rings. The molecule has 2 aliphatic rings. The van der Waals surface area contributed by atoms with Crippen molar-refractivity contribution in [2.24, 2.45) is 0 Å². The Labute approximate surface area is 442 Å². The summed E-state index contributed by atoms with van der Waals surface area (Å²) in [7, 11) is 0. The molecule has 0 atom stereocenters. The smallest absolute Gasteiger partial charge is 0.0273 e. The number of hydrogen-bond donors (Lipinski definition) is 0. The van der Waals surface area contributed by atoms with E-state index in [0.717, 1.165) is 16.7 Å². The Bertz CT molecular complexity index is 3960. The summed E-state index contributed by atoms with van der Waals surface area (Å²) in [6, 6.07) is 51.4. The summed E-state index contributed by atoms with van der Waals surface area (Å²) < 4.78 is 0. The Hall–Kier alpha value is -9.05. The van der Waals surface area contributed by atoms with E-state index in [-0.39, 0.29) is 10.8 Å². The molecular formula is C72H61N3. The molecule has 0 N–H and O–H groups in total. The molecule has 0 saturated heterocycles. The van der Waals surface area contributed by atoms with Crippen LogP contribution in [0.2, 0.25) is 0 Å². The minimum atomic E-state index is -0.104. The van der Waals surface area contributed by atoms with E-state index < -0.39 is 0 Å². The van der Waals surface area contributed by atoms with Gasteiger partial charge in [-0.15, -0.1) is 0 Å². The van der Waals surface area contributed by atoms with Crippen LogP contribution in [-0.2, 0) is 10.8 Å². The summed E-state index contributed by atoms with van der Waals surface area (Å²) in [5.74, 6) is 0. The molecule has 10 aromatic rings. The Morgan fingerprint density at radius 1 is 0.413 bits per heavy atom. The van der Waals surface area contributed by atoms with Crippen LogP contribution >= 0.6 is 0 Å². The van der Waals surface area contributed by atoms with Gasteiger partial charge in [0.2, 0.25) is 0 Å². The van der Waals surface area contributed by atoms with E-state index in [1.54, 1.807) is 18.2 Å². The summed E-state index contributed by atoms with van der Waals surface area (Å²) in [4.78, 5) is 12.5. The maximum absolute atomic E-state index is 4.30. The zero-order valence-corrected chi connectivity index (χ0v) is 43.7. The molecule has 0 saturated carbocycles. The lowest BCUT2D eigenvalue weighted by Gasteiger charge is -2.23. The van der Waals surface area contributed by atoms with Gasteiger partial charge in [0.15, 0.2) is 0 Å². The Morgan fingerprint density at radius 3 is 1.31 bits per heavy atom. The topological polar surface area (TPSA) is 38.7 Å². The van der Waals surface area contributed by atoms with Crippen LogP contribution < -0.4 is 0 Å². The van der Waals surface area contributed by atoms with Crippen LogP contribution in [0.25, 0.3) is 93.5 Å². The number of pyridine rings is 3. The molecule has 7 aromatic carbocycles. The van der Waals surface area contributed by atoms with E-state index in [0.29, 0.717) is 0 Å². The second-order valence-corrected chi connectivity index (χ2v) is 20.3.